The minimum Gasteiger partial charge on any atom is -0.245 e. The van der Waals surface area contributed by atoms with Crippen molar-refractivity contribution in [2.75, 3.05) is 0 Å². The Labute approximate surface area is 70.1 Å². The summed E-state index contributed by atoms with van der Waals surface area (Å²) in [7, 11) is 0. The van der Waals surface area contributed by atoms with E-state index in [1.165, 1.54) is 9.88 Å². The Morgan fingerprint density at radius 2 is 2.00 bits per heavy atom. The SMILES string of the molecule is CC1C=c2ncsc2=CC1C. The van der Waals surface area contributed by atoms with Crippen LogP contribution in [0, 0.1) is 11.8 Å². The van der Waals surface area contributed by atoms with Gasteiger partial charge in [0.25, 0.3) is 0 Å². The first-order valence-electron chi connectivity index (χ1n) is 3.90. The molecule has 1 aromatic heterocycles. The van der Waals surface area contributed by atoms with E-state index in [0.29, 0.717) is 11.8 Å². The molecule has 0 fully saturated rings. The first-order chi connectivity index (χ1) is 5.27. The number of rotatable bonds is 0. The van der Waals surface area contributed by atoms with Crippen LogP contribution in [0.15, 0.2) is 5.51 Å². The summed E-state index contributed by atoms with van der Waals surface area (Å²) in [4.78, 5) is 4.27. The number of thiazole rings is 1. The Kier molecular flexibility index (Phi) is 1.57. The summed E-state index contributed by atoms with van der Waals surface area (Å²) in [6.07, 6.45) is 4.58. The monoisotopic (exact) mass is 165 g/mol. The molecule has 0 bridgehead atoms. The standard InChI is InChI=1S/C9H11NS/c1-6-3-8-9(4-7(6)2)11-5-10-8/h3-7H,1-2H3. The fourth-order valence-electron chi connectivity index (χ4n) is 1.31. The number of hydrogen-bond donors (Lipinski definition) is 0. The number of fused-ring (bicyclic) bond motifs is 1. The third-order valence-corrected chi connectivity index (χ3v) is 3.10. The van der Waals surface area contributed by atoms with Gasteiger partial charge in [-0.1, -0.05) is 26.0 Å². The Balaban J connectivity index is 2.69. The maximum atomic E-state index is 4.27. The highest BCUT2D eigenvalue weighted by atomic mass is 32.1. The van der Waals surface area contributed by atoms with Crippen molar-refractivity contribution in [3.63, 3.8) is 0 Å². The van der Waals surface area contributed by atoms with E-state index in [0.717, 1.165) is 0 Å². The van der Waals surface area contributed by atoms with Crippen molar-refractivity contribution in [1.82, 2.24) is 4.98 Å². The van der Waals surface area contributed by atoms with E-state index in [1.54, 1.807) is 11.3 Å². The van der Waals surface area contributed by atoms with Gasteiger partial charge < -0.3 is 0 Å². The fraction of sp³-hybridized carbons (Fsp3) is 0.444. The smallest absolute Gasteiger partial charge is 0.0805 e. The lowest BCUT2D eigenvalue weighted by Gasteiger charge is -2.13. The van der Waals surface area contributed by atoms with Crippen LogP contribution in [0.5, 0.6) is 0 Å². The molecular weight excluding hydrogens is 154 g/mol. The van der Waals surface area contributed by atoms with Crippen molar-refractivity contribution >= 4 is 23.5 Å². The van der Waals surface area contributed by atoms with Crippen molar-refractivity contribution in [2.45, 2.75) is 13.8 Å². The molecule has 1 heterocycles. The van der Waals surface area contributed by atoms with Crippen molar-refractivity contribution in [3.05, 3.63) is 15.4 Å². The summed E-state index contributed by atoms with van der Waals surface area (Å²) >= 11 is 1.73. The quantitative estimate of drug-likeness (QED) is 0.558. The predicted molar refractivity (Wildman–Crippen MR) is 48.6 cm³/mol. The fourth-order valence-corrected chi connectivity index (χ4v) is 2.12. The molecule has 0 saturated carbocycles. The lowest BCUT2D eigenvalue weighted by atomic mass is 9.93. The van der Waals surface area contributed by atoms with Gasteiger partial charge in [0, 0.05) is 0 Å². The summed E-state index contributed by atoms with van der Waals surface area (Å²) < 4.78 is 1.34. The van der Waals surface area contributed by atoms with Gasteiger partial charge in [-0.25, -0.2) is 4.98 Å². The molecule has 0 spiro atoms. The number of nitrogens with zero attached hydrogens (tertiary/aromatic N) is 1. The first kappa shape index (κ1) is 7.04. The van der Waals surface area contributed by atoms with Crippen LogP contribution in [0.1, 0.15) is 13.8 Å². The molecular formula is C9H11NS. The highest BCUT2D eigenvalue weighted by Crippen LogP contribution is 2.15. The van der Waals surface area contributed by atoms with E-state index in [4.69, 9.17) is 0 Å². The molecule has 0 amide bonds. The molecule has 1 aliphatic carbocycles. The lowest BCUT2D eigenvalue weighted by Crippen LogP contribution is -2.28. The molecule has 1 nitrogen and oxygen atoms in total. The predicted octanol–water partition coefficient (Wildman–Crippen LogP) is 0.990. The minimum absolute atomic E-state index is 0.643. The third-order valence-electron chi connectivity index (χ3n) is 2.29. The summed E-state index contributed by atoms with van der Waals surface area (Å²) in [6.45, 7) is 4.49. The van der Waals surface area contributed by atoms with Gasteiger partial charge in [0.15, 0.2) is 0 Å². The maximum absolute atomic E-state index is 4.27. The van der Waals surface area contributed by atoms with Crippen molar-refractivity contribution in [1.29, 1.82) is 0 Å². The summed E-state index contributed by atoms with van der Waals surface area (Å²) in [5.74, 6) is 1.31. The molecule has 1 aromatic rings. The Hall–Kier alpha value is -0.630. The van der Waals surface area contributed by atoms with Crippen molar-refractivity contribution in [2.24, 2.45) is 11.8 Å². The number of hydrogen-bond acceptors (Lipinski definition) is 2. The Morgan fingerprint density at radius 3 is 2.82 bits per heavy atom. The topological polar surface area (TPSA) is 12.9 Å². The molecule has 0 N–H and O–H groups in total. The Bertz CT molecular complexity index is 329. The average molecular weight is 165 g/mol. The average Bonchev–Trinajstić information content (AvgIpc) is 2.36. The van der Waals surface area contributed by atoms with Crippen molar-refractivity contribution < 1.29 is 0 Å². The zero-order valence-electron chi connectivity index (χ0n) is 6.74. The molecule has 11 heavy (non-hydrogen) atoms. The van der Waals surface area contributed by atoms with Gasteiger partial charge in [0.2, 0.25) is 0 Å². The van der Waals surface area contributed by atoms with E-state index in [-0.39, 0.29) is 0 Å². The molecule has 58 valence electrons. The van der Waals surface area contributed by atoms with E-state index in [9.17, 15) is 0 Å². The van der Waals surface area contributed by atoms with Gasteiger partial charge in [-0.2, -0.15) is 0 Å². The highest BCUT2D eigenvalue weighted by molar-refractivity contribution is 7.07. The molecule has 0 aliphatic heterocycles. The zero-order chi connectivity index (χ0) is 7.84. The van der Waals surface area contributed by atoms with Gasteiger partial charge in [-0.15, -0.1) is 11.3 Å². The molecule has 2 unspecified atom stereocenters. The molecule has 0 radical (unpaired) electrons. The zero-order valence-corrected chi connectivity index (χ0v) is 7.56. The second kappa shape index (κ2) is 2.45. The van der Waals surface area contributed by atoms with E-state index in [1.807, 2.05) is 5.51 Å². The van der Waals surface area contributed by atoms with Crippen LogP contribution in [0.2, 0.25) is 0 Å². The van der Waals surface area contributed by atoms with E-state index in [2.05, 4.69) is 31.0 Å². The minimum atomic E-state index is 0.643. The lowest BCUT2D eigenvalue weighted by molar-refractivity contribution is 0.608. The van der Waals surface area contributed by atoms with Crippen LogP contribution in [-0.2, 0) is 0 Å². The van der Waals surface area contributed by atoms with E-state index < -0.39 is 0 Å². The highest BCUT2D eigenvalue weighted by Gasteiger charge is 2.10. The van der Waals surface area contributed by atoms with Crippen LogP contribution >= 0.6 is 11.3 Å². The van der Waals surface area contributed by atoms with Crippen LogP contribution in [0.25, 0.3) is 12.2 Å². The Morgan fingerprint density at radius 1 is 1.27 bits per heavy atom. The second-order valence-electron chi connectivity index (χ2n) is 3.15. The van der Waals surface area contributed by atoms with Gasteiger partial charge in [-0.3, -0.25) is 0 Å². The van der Waals surface area contributed by atoms with Crippen LogP contribution < -0.4 is 9.88 Å². The largest absolute Gasteiger partial charge is 0.245 e. The normalized spacial score (nSPS) is 28.5. The molecule has 1 aliphatic rings. The summed E-state index contributed by atoms with van der Waals surface area (Å²) in [5, 5.41) is 1.18. The number of aromatic nitrogens is 1. The van der Waals surface area contributed by atoms with Crippen LogP contribution in [0.3, 0.4) is 0 Å². The molecule has 2 rings (SSSR count). The summed E-state index contributed by atoms with van der Waals surface area (Å²) in [6, 6.07) is 0. The van der Waals surface area contributed by atoms with Crippen LogP contribution in [-0.4, -0.2) is 4.98 Å². The molecule has 0 aromatic carbocycles. The molecule has 2 atom stereocenters. The third kappa shape index (κ3) is 1.11. The second-order valence-corrected chi connectivity index (χ2v) is 4.04. The van der Waals surface area contributed by atoms with Gasteiger partial charge in [0.1, 0.15) is 0 Å². The first-order valence-corrected chi connectivity index (χ1v) is 4.78. The molecule has 0 saturated heterocycles. The van der Waals surface area contributed by atoms with Gasteiger partial charge >= 0.3 is 0 Å². The van der Waals surface area contributed by atoms with Crippen LogP contribution in [0.4, 0.5) is 0 Å². The van der Waals surface area contributed by atoms with Gasteiger partial charge in [-0.05, 0) is 11.8 Å². The maximum Gasteiger partial charge on any atom is 0.0805 e. The summed E-state index contributed by atoms with van der Waals surface area (Å²) in [5.41, 5.74) is 1.92. The molecule has 2 heteroatoms. The van der Waals surface area contributed by atoms with E-state index >= 15 is 0 Å². The van der Waals surface area contributed by atoms with Gasteiger partial charge in [0.05, 0.1) is 15.4 Å². The van der Waals surface area contributed by atoms with Crippen molar-refractivity contribution in [3.8, 4) is 0 Å².